The van der Waals surface area contributed by atoms with Gasteiger partial charge in [0.1, 0.15) is 5.75 Å². The van der Waals surface area contributed by atoms with Crippen LogP contribution in [0.15, 0.2) is 42.5 Å². The van der Waals surface area contributed by atoms with Crippen molar-refractivity contribution < 1.29 is 4.74 Å². The van der Waals surface area contributed by atoms with Crippen LogP contribution in [0, 0.1) is 10.5 Å². The minimum Gasteiger partial charge on any atom is -0.497 e. The summed E-state index contributed by atoms with van der Waals surface area (Å²) in [4.78, 5) is 0. The molecule has 0 radical (unpaired) electrons. The van der Waals surface area contributed by atoms with E-state index in [4.69, 9.17) is 10.6 Å². The molecule has 0 saturated heterocycles. The number of aryl methyl sites for hydroxylation is 1. The van der Waals surface area contributed by atoms with E-state index < -0.39 is 0 Å². The molecule has 0 spiro atoms. The number of hydrogen-bond acceptors (Lipinski definition) is 3. The number of benzene rings is 2. The van der Waals surface area contributed by atoms with E-state index in [1.807, 2.05) is 18.2 Å². The Balaban J connectivity index is 2.26. The van der Waals surface area contributed by atoms with Crippen LogP contribution in [-0.2, 0) is 6.42 Å². The normalized spacial score (nSPS) is 12.2. The molecule has 3 nitrogen and oxygen atoms in total. The van der Waals surface area contributed by atoms with Gasteiger partial charge in [-0.2, -0.15) is 0 Å². The maximum Gasteiger partial charge on any atom is 0.119 e. The Labute approximate surface area is 133 Å². The van der Waals surface area contributed by atoms with Crippen LogP contribution < -0.4 is 16.0 Å². The lowest BCUT2D eigenvalue weighted by Gasteiger charge is -2.19. The van der Waals surface area contributed by atoms with Crippen molar-refractivity contribution in [3.63, 3.8) is 0 Å². The number of hydrogen-bond donors (Lipinski definition) is 2. The van der Waals surface area contributed by atoms with Gasteiger partial charge in [0.15, 0.2) is 0 Å². The molecule has 0 aliphatic carbocycles. The third-order valence-corrected chi connectivity index (χ3v) is 4.85. The van der Waals surface area contributed by atoms with Crippen LogP contribution in [0.4, 0.5) is 0 Å². The third-order valence-electron chi connectivity index (χ3n) is 3.37. The first-order valence-corrected chi connectivity index (χ1v) is 7.57. The molecule has 2 aromatic rings. The highest BCUT2D eigenvalue weighted by molar-refractivity contribution is 14.1. The molecule has 0 saturated carbocycles. The van der Waals surface area contributed by atoms with Crippen molar-refractivity contribution in [2.45, 2.75) is 19.4 Å². The van der Waals surface area contributed by atoms with Gasteiger partial charge in [0.2, 0.25) is 0 Å². The van der Waals surface area contributed by atoms with Crippen molar-refractivity contribution in [3.8, 4) is 5.75 Å². The Morgan fingerprint density at radius 1 is 1.25 bits per heavy atom. The zero-order chi connectivity index (χ0) is 14.5. The first kappa shape index (κ1) is 15.3. The average molecular weight is 382 g/mol. The average Bonchev–Trinajstić information content (AvgIpc) is 2.48. The fourth-order valence-corrected chi connectivity index (χ4v) is 2.97. The largest absolute Gasteiger partial charge is 0.497 e. The number of nitrogens with one attached hydrogen (secondary N) is 1. The fourth-order valence-electron chi connectivity index (χ4n) is 2.23. The topological polar surface area (TPSA) is 47.3 Å². The SMILES string of the molecule is COc1cccc(CC(NN)c2cccc(C)c2I)c1. The van der Waals surface area contributed by atoms with E-state index in [1.54, 1.807) is 7.11 Å². The fraction of sp³-hybridized carbons (Fsp3) is 0.250. The monoisotopic (exact) mass is 382 g/mol. The summed E-state index contributed by atoms with van der Waals surface area (Å²) in [6.45, 7) is 2.12. The van der Waals surface area contributed by atoms with Gasteiger partial charge in [0, 0.05) is 3.57 Å². The first-order valence-electron chi connectivity index (χ1n) is 6.49. The Morgan fingerprint density at radius 2 is 2.00 bits per heavy atom. The molecule has 3 N–H and O–H groups in total. The Bertz CT molecular complexity index is 586. The molecule has 0 heterocycles. The van der Waals surface area contributed by atoms with Crippen LogP contribution in [0.2, 0.25) is 0 Å². The van der Waals surface area contributed by atoms with Crippen LogP contribution in [0.5, 0.6) is 5.75 Å². The Kier molecular flexibility index (Phi) is 5.39. The Morgan fingerprint density at radius 3 is 2.70 bits per heavy atom. The van der Waals surface area contributed by atoms with Crippen LogP contribution >= 0.6 is 22.6 Å². The second-order valence-electron chi connectivity index (χ2n) is 4.75. The Hall–Kier alpha value is -1.11. The molecule has 0 aliphatic heterocycles. The van der Waals surface area contributed by atoms with E-state index in [1.165, 1.54) is 20.3 Å². The van der Waals surface area contributed by atoms with Gasteiger partial charge in [-0.05, 0) is 64.8 Å². The maximum absolute atomic E-state index is 5.76. The lowest BCUT2D eigenvalue weighted by Crippen LogP contribution is -2.30. The first-order chi connectivity index (χ1) is 9.65. The number of rotatable bonds is 5. The van der Waals surface area contributed by atoms with Crippen molar-refractivity contribution >= 4 is 22.6 Å². The van der Waals surface area contributed by atoms with Gasteiger partial charge in [-0.1, -0.05) is 30.3 Å². The van der Waals surface area contributed by atoms with Gasteiger partial charge in [-0.3, -0.25) is 11.3 Å². The highest BCUT2D eigenvalue weighted by atomic mass is 127. The van der Waals surface area contributed by atoms with Crippen molar-refractivity contribution in [1.82, 2.24) is 5.43 Å². The van der Waals surface area contributed by atoms with Gasteiger partial charge in [-0.25, -0.2) is 0 Å². The van der Waals surface area contributed by atoms with E-state index >= 15 is 0 Å². The molecule has 1 unspecified atom stereocenters. The lowest BCUT2D eigenvalue weighted by molar-refractivity contribution is 0.414. The van der Waals surface area contributed by atoms with Crippen molar-refractivity contribution in [2.75, 3.05) is 7.11 Å². The number of hydrazine groups is 1. The second-order valence-corrected chi connectivity index (χ2v) is 5.83. The van der Waals surface area contributed by atoms with E-state index in [0.717, 1.165) is 12.2 Å². The predicted octanol–water partition coefficient (Wildman–Crippen LogP) is 3.36. The molecule has 0 aliphatic rings. The zero-order valence-electron chi connectivity index (χ0n) is 11.7. The molecule has 0 bridgehead atoms. The van der Waals surface area contributed by atoms with Gasteiger partial charge in [0.05, 0.1) is 13.2 Å². The summed E-state index contributed by atoms with van der Waals surface area (Å²) in [5.74, 6) is 6.63. The summed E-state index contributed by atoms with van der Waals surface area (Å²) in [5.41, 5.74) is 6.63. The van der Waals surface area contributed by atoms with E-state index in [0.29, 0.717) is 0 Å². The summed E-state index contributed by atoms with van der Waals surface area (Å²) in [5, 5.41) is 0. The lowest BCUT2D eigenvalue weighted by atomic mass is 9.98. The van der Waals surface area contributed by atoms with E-state index in [2.05, 4.69) is 59.2 Å². The van der Waals surface area contributed by atoms with Gasteiger partial charge in [-0.15, -0.1) is 0 Å². The molecular weight excluding hydrogens is 363 g/mol. The standard InChI is InChI=1S/C16H19IN2O/c1-11-5-3-8-14(16(11)17)15(19-18)10-12-6-4-7-13(9-12)20-2/h3-9,15,19H,10,18H2,1-2H3. The zero-order valence-corrected chi connectivity index (χ0v) is 13.8. The van der Waals surface area contributed by atoms with Crippen LogP contribution in [-0.4, -0.2) is 7.11 Å². The molecule has 1 atom stereocenters. The van der Waals surface area contributed by atoms with Crippen molar-refractivity contribution in [2.24, 2.45) is 5.84 Å². The van der Waals surface area contributed by atoms with Crippen LogP contribution in [0.25, 0.3) is 0 Å². The minimum absolute atomic E-state index is 0.0916. The number of methoxy groups -OCH3 is 1. The number of nitrogens with two attached hydrogens (primary N) is 1. The third kappa shape index (κ3) is 3.50. The smallest absolute Gasteiger partial charge is 0.119 e. The minimum atomic E-state index is 0.0916. The summed E-state index contributed by atoms with van der Waals surface area (Å²) >= 11 is 2.38. The molecule has 2 rings (SSSR count). The molecule has 0 amide bonds. The van der Waals surface area contributed by atoms with Gasteiger partial charge < -0.3 is 4.74 Å². The highest BCUT2D eigenvalue weighted by Gasteiger charge is 2.15. The van der Waals surface area contributed by atoms with Crippen molar-refractivity contribution in [3.05, 3.63) is 62.7 Å². The molecule has 0 aromatic heterocycles. The van der Waals surface area contributed by atoms with E-state index in [9.17, 15) is 0 Å². The summed E-state index contributed by atoms with van der Waals surface area (Å²) < 4.78 is 6.53. The summed E-state index contributed by atoms with van der Waals surface area (Å²) in [6, 6.07) is 14.5. The second kappa shape index (κ2) is 7.06. The summed E-state index contributed by atoms with van der Waals surface area (Å²) in [7, 11) is 1.68. The maximum atomic E-state index is 5.76. The predicted molar refractivity (Wildman–Crippen MR) is 90.7 cm³/mol. The van der Waals surface area contributed by atoms with Crippen molar-refractivity contribution in [1.29, 1.82) is 0 Å². The van der Waals surface area contributed by atoms with E-state index in [-0.39, 0.29) is 6.04 Å². The van der Waals surface area contributed by atoms with Crippen LogP contribution in [0.3, 0.4) is 0 Å². The van der Waals surface area contributed by atoms with Gasteiger partial charge >= 0.3 is 0 Å². The highest BCUT2D eigenvalue weighted by Crippen LogP contribution is 2.26. The van der Waals surface area contributed by atoms with Gasteiger partial charge in [0.25, 0.3) is 0 Å². The quantitative estimate of drug-likeness (QED) is 0.474. The molecular formula is C16H19IN2O. The number of ether oxygens (including phenoxy) is 1. The molecule has 106 valence electrons. The number of halogens is 1. The molecule has 4 heteroatoms. The molecule has 0 fully saturated rings. The van der Waals surface area contributed by atoms with Crippen LogP contribution in [0.1, 0.15) is 22.7 Å². The molecule has 2 aromatic carbocycles. The summed E-state index contributed by atoms with van der Waals surface area (Å²) in [6.07, 6.45) is 0.827. The molecule has 20 heavy (non-hydrogen) atoms.